The third-order valence-electron chi connectivity index (χ3n) is 4.23. The topological polar surface area (TPSA) is 61.8 Å². The summed E-state index contributed by atoms with van der Waals surface area (Å²) in [4.78, 5) is 0. The van der Waals surface area contributed by atoms with Gasteiger partial charge in [-0.15, -0.1) is 0 Å². The molecular formula is C22H24O5P2. The SMILES string of the molecule is CCOP(=O)(OCC)Oc1ccccc1P(=O)(c1ccccc1)c1ccccc1. The summed E-state index contributed by atoms with van der Waals surface area (Å²) in [5.41, 5.74) is 0. The first kappa shape index (κ1) is 21.5. The fourth-order valence-corrected chi connectivity index (χ4v) is 7.07. The summed E-state index contributed by atoms with van der Waals surface area (Å²) in [5, 5.41) is 1.76. The van der Waals surface area contributed by atoms with Crippen LogP contribution in [0.4, 0.5) is 0 Å². The van der Waals surface area contributed by atoms with Crippen molar-refractivity contribution in [3.63, 3.8) is 0 Å². The first-order chi connectivity index (χ1) is 14.0. The van der Waals surface area contributed by atoms with Gasteiger partial charge in [0.15, 0.2) is 7.14 Å². The van der Waals surface area contributed by atoms with Crippen molar-refractivity contribution in [3.8, 4) is 5.75 Å². The Morgan fingerprint density at radius 1 is 0.655 bits per heavy atom. The molecule has 0 saturated carbocycles. The third kappa shape index (κ3) is 4.71. The third-order valence-corrected chi connectivity index (χ3v) is 8.90. The highest BCUT2D eigenvalue weighted by molar-refractivity contribution is 7.85. The summed E-state index contributed by atoms with van der Waals surface area (Å²) in [6.07, 6.45) is 0. The van der Waals surface area contributed by atoms with E-state index >= 15 is 0 Å². The molecule has 0 aromatic heterocycles. The van der Waals surface area contributed by atoms with Crippen LogP contribution in [0.5, 0.6) is 5.75 Å². The second-order valence-corrected chi connectivity index (χ2v) is 10.4. The van der Waals surface area contributed by atoms with E-state index in [0.29, 0.717) is 15.9 Å². The Morgan fingerprint density at radius 3 is 1.59 bits per heavy atom. The molecule has 29 heavy (non-hydrogen) atoms. The monoisotopic (exact) mass is 430 g/mol. The summed E-state index contributed by atoms with van der Waals surface area (Å²) in [7, 11) is -7.14. The van der Waals surface area contributed by atoms with Gasteiger partial charge in [-0.1, -0.05) is 72.8 Å². The van der Waals surface area contributed by atoms with Gasteiger partial charge in [0.05, 0.1) is 18.5 Å². The van der Waals surface area contributed by atoms with Crippen molar-refractivity contribution in [1.82, 2.24) is 0 Å². The van der Waals surface area contributed by atoms with Crippen LogP contribution in [0.1, 0.15) is 13.8 Å². The van der Waals surface area contributed by atoms with Crippen molar-refractivity contribution in [2.75, 3.05) is 13.2 Å². The standard InChI is InChI=1S/C22H24O5P2/c1-3-25-29(24,26-4-2)27-21-17-11-12-18-22(21)28(23,19-13-7-5-8-14-19)20-15-9-6-10-16-20/h5-18H,3-4H2,1-2H3. The van der Waals surface area contributed by atoms with Crippen molar-refractivity contribution < 1.29 is 22.7 Å². The fraction of sp³-hybridized carbons (Fsp3) is 0.182. The van der Waals surface area contributed by atoms with E-state index in [0.717, 1.165) is 0 Å². The molecule has 3 aromatic carbocycles. The highest BCUT2D eigenvalue weighted by Crippen LogP contribution is 2.52. The minimum atomic E-state index is -3.84. The van der Waals surface area contributed by atoms with Gasteiger partial charge in [0, 0.05) is 10.6 Å². The lowest BCUT2D eigenvalue weighted by molar-refractivity contribution is 0.168. The summed E-state index contributed by atoms with van der Waals surface area (Å²) < 4.78 is 43.9. The molecule has 0 amide bonds. The van der Waals surface area contributed by atoms with Crippen LogP contribution < -0.4 is 20.4 Å². The predicted molar refractivity (Wildman–Crippen MR) is 117 cm³/mol. The van der Waals surface area contributed by atoms with E-state index in [1.807, 2.05) is 60.7 Å². The zero-order valence-corrected chi connectivity index (χ0v) is 18.2. The van der Waals surface area contributed by atoms with Gasteiger partial charge in [-0.05, 0) is 26.0 Å². The molecular weight excluding hydrogens is 406 g/mol. The highest BCUT2D eigenvalue weighted by atomic mass is 31.2. The molecule has 5 nitrogen and oxygen atoms in total. The number of benzene rings is 3. The Bertz CT molecular complexity index is 968. The van der Waals surface area contributed by atoms with E-state index in [9.17, 15) is 9.13 Å². The average molecular weight is 430 g/mol. The number of hydrogen-bond donors (Lipinski definition) is 0. The number of hydrogen-bond acceptors (Lipinski definition) is 5. The molecule has 0 atom stereocenters. The quantitative estimate of drug-likeness (QED) is 0.453. The molecule has 0 saturated heterocycles. The Hall–Kier alpha value is -2.16. The molecule has 0 heterocycles. The maximum absolute atomic E-state index is 14.6. The van der Waals surface area contributed by atoms with Gasteiger partial charge in [-0.3, -0.25) is 9.05 Å². The molecule has 0 aliphatic carbocycles. The Labute approximate surface area is 171 Å². The van der Waals surface area contributed by atoms with E-state index in [1.54, 1.807) is 38.1 Å². The zero-order valence-electron chi connectivity index (χ0n) is 16.4. The molecule has 7 heteroatoms. The van der Waals surface area contributed by atoms with E-state index in [-0.39, 0.29) is 19.0 Å². The van der Waals surface area contributed by atoms with Crippen LogP contribution in [0.25, 0.3) is 0 Å². The van der Waals surface area contributed by atoms with E-state index in [1.165, 1.54) is 0 Å². The molecule has 0 aliphatic rings. The minimum absolute atomic E-state index is 0.161. The van der Waals surface area contributed by atoms with Crippen molar-refractivity contribution in [3.05, 3.63) is 84.9 Å². The first-order valence-electron chi connectivity index (χ1n) is 9.43. The van der Waals surface area contributed by atoms with Crippen LogP contribution in [0.2, 0.25) is 0 Å². The van der Waals surface area contributed by atoms with E-state index in [2.05, 4.69) is 0 Å². The molecule has 0 aliphatic heterocycles. The molecule has 0 spiro atoms. The predicted octanol–water partition coefficient (Wildman–Crippen LogP) is 4.89. The first-order valence-corrected chi connectivity index (χ1v) is 12.6. The second-order valence-electron chi connectivity index (χ2n) is 6.12. The Kier molecular flexibility index (Phi) is 7.10. The van der Waals surface area contributed by atoms with Crippen LogP contribution in [0.15, 0.2) is 84.9 Å². The van der Waals surface area contributed by atoms with Crippen molar-refractivity contribution in [2.24, 2.45) is 0 Å². The molecule has 0 bridgehead atoms. The lowest BCUT2D eigenvalue weighted by Crippen LogP contribution is -2.26. The van der Waals surface area contributed by atoms with Crippen molar-refractivity contribution in [1.29, 1.82) is 0 Å². The summed E-state index contributed by atoms with van der Waals surface area (Å²) in [5.74, 6) is 0.216. The normalized spacial score (nSPS) is 11.9. The van der Waals surface area contributed by atoms with Crippen LogP contribution in [-0.2, 0) is 18.2 Å². The average Bonchev–Trinajstić information content (AvgIpc) is 2.75. The second kappa shape index (κ2) is 9.56. The molecule has 3 rings (SSSR count). The number of phosphoric ester groups is 1. The van der Waals surface area contributed by atoms with Crippen LogP contribution in [0, 0.1) is 0 Å². The molecule has 0 unspecified atom stereocenters. The van der Waals surface area contributed by atoms with Gasteiger partial charge in [-0.25, -0.2) is 4.57 Å². The van der Waals surface area contributed by atoms with Gasteiger partial charge >= 0.3 is 7.82 Å². The Balaban J connectivity index is 2.19. The lowest BCUT2D eigenvalue weighted by Gasteiger charge is -2.24. The number of rotatable bonds is 9. The van der Waals surface area contributed by atoms with Crippen LogP contribution in [0.3, 0.4) is 0 Å². The lowest BCUT2D eigenvalue weighted by atomic mass is 10.3. The van der Waals surface area contributed by atoms with Gasteiger partial charge in [0.25, 0.3) is 0 Å². The molecule has 0 radical (unpaired) electrons. The van der Waals surface area contributed by atoms with Crippen molar-refractivity contribution >= 4 is 30.9 Å². The zero-order chi connectivity index (χ0) is 20.7. The minimum Gasteiger partial charge on any atom is -0.403 e. The Morgan fingerprint density at radius 2 is 1.10 bits per heavy atom. The van der Waals surface area contributed by atoms with E-state index in [4.69, 9.17) is 13.6 Å². The summed E-state index contributed by atoms with van der Waals surface area (Å²) in [6, 6.07) is 25.3. The maximum Gasteiger partial charge on any atom is 0.530 e. The van der Waals surface area contributed by atoms with Gasteiger partial charge in [0.1, 0.15) is 5.75 Å². The summed E-state index contributed by atoms with van der Waals surface area (Å²) >= 11 is 0. The summed E-state index contributed by atoms with van der Waals surface area (Å²) in [6.45, 7) is 3.74. The largest absolute Gasteiger partial charge is 0.530 e. The fourth-order valence-electron chi connectivity index (χ4n) is 3.02. The number of para-hydroxylation sites is 1. The van der Waals surface area contributed by atoms with Gasteiger partial charge < -0.3 is 9.09 Å². The molecule has 3 aromatic rings. The molecule has 0 fully saturated rings. The van der Waals surface area contributed by atoms with Crippen molar-refractivity contribution in [2.45, 2.75) is 13.8 Å². The van der Waals surface area contributed by atoms with E-state index < -0.39 is 15.0 Å². The van der Waals surface area contributed by atoms with Gasteiger partial charge in [-0.2, -0.15) is 0 Å². The number of phosphoric acid groups is 1. The molecule has 152 valence electrons. The van der Waals surface area contributed by atoms with Crippen LogP contribution >= 0.6 is 15.0 Å². The smallest absolute Gasteiger partial charge is 0.403 e. The molecule has 0 N–H and O–H groups in total. The van der Waals surface area contributed by atoms with Crippen LogP contribution in [-0.4, -0.2) is 13.2 Å². The maximum atomic E-state index is 14.6. The highest BCUT2D eigenvalue weighted by Gasteiger charge is 2.35. The van der Waals surface area contributed by atoms with Gasteiger partial charge in [0.2, 0.25) is 0 Å².